The van der Waals surface area contributed by atoms with Crippen molar-refractivity contribution in [3.63, 3.8) is 0 Å². The second-order valence-electron chi connectivity index (χ2n) is 9.82. The van der Waals surface area contributed by atoms with E-state index in [1.54, 1.807) is 18.2 Å². The molecule has 1 fully saturated rings. The van der Waals surface area contributed by atoms with Gasteiger partial charge in [0.1, 0.15) is 18.1 Å². The molecule has 218 valence electrons. The molecule has 1 saturated heterocycles. The second kappa shape index (κ2) is 11.9. The maximum atomic E-state index is 13.3. The first kappa shape index (κ1) is 28.5. The van der Waals surface area contributed by atoms with E-state index in [1.807, 2.05) is 30.3 Å². The van der Waals surface area contributed by atoms with Gasteiger partial charge >= 0.3 is 18.4 Å². The highest BCUT2D eigenvalue weighted by Gasteiger charge is 2.35. The summed E-state index contributed by atoms with van der Waals surface area (Å²) in [4.78, 5) is 40.0. The first-order chi connectivity index (χ1) is 20.1. The van der Waals surface area contributed by atoms with E-state index in [1.165, 1.54) is 27.8 Å². The van der Waals surface area contributed by atoms with Gasteiger partial charge in [-0.15, -0.1) is 13.2 Å². The van der Waals surface area contributed by atoms with Gasteiger partial charge in [0.2, 0.25) is 0 Å². The van der Waals surface area contributed by atoms with Gasteiger partial charge in [0.25, 0.3) is 0 Å². The zero-order valence-corrected chi connectivity index (χ0v) is 22.3. The number of hydrogen-bond acceptors (Lipinski definition) is 5. The van der Waals surface area contributed by atoms with Crippen LogP contribution in [0.2, 0.25) is 0 Å². The number of aromatic nitrogens is 1. The molecule has 0 unspecified atom stereocenters. The number of likely N-dealkylation sites (tertiary alicyclic amines) is 1. The van der Waals surface area contributed by atoms with Gasteiger partial charge in [-0.3, -0.25) is 9.36 Å². The summed E-state index contributed by atoms with van der Waals surface area (Å²) in [6.45, 7) is 0.628. The van der Waals surface area contributed by atoms with Crippen molar-refractivity contribution in [1.82, 2.24) is 9.47 Å². The van der Waals surface area contributed by atoms with Crippen LogP contribution in [-0.4, -0.2) is 46.3 Å². The van der Waals surface area contributed by atoms with Crippen LogP contribution >= 0.6 is 0 Å². The molecule has 0 spiro atoms. The lowest BCUT2D eigenvalue weighted by molar-refractivity contribution is -0.274. The normalized spacial score (nSPS) is 15.0. The number of nitrogens with one attached hydrogen (secondary N) is 1. The maximum absolute atomic E-state index is 13.3. The first-order valence-electron chi connectivity index (χ1n) is 13.1. The average Bonchev–Trinajstić information content (AvgIpc) is 3.57. The predicted molar refractivity (Wildman–Crippen MR) is 148 cm³/mol. The van der Waals surface area contributed by atoms with E-state index in [4.69, 9.17) is 10.5 Å². The fourth-order valence-corrected chi connectivity index (χ4v) is 5.02. The summed E-state index contributed by atoms with van der Waals surface area (Å²) >= 11 is 0. The van der Waals surface area contributed by atoms with Crippen LogP contribution < -0.4 is 20.5 Å². The molecular weight excluding hydrogens is 553 g/mol. The number of carbonyl (C=O) groups excluding carboxylic acids is 3. The van der Waals surface area contributed by atoms with E-state index in [0.29, 0.717) is 53.9 Å². The van der Waals surface area contributed by atoms with Gasteiger partial charge in [-0.1, -0.05) is 42.5 Å². The third kappa shape index (κ3) is 6.65. The molecule has 12 heteroatoms. The zero-order valence-electron chi connectivity index (χ0n) is 22.3. The molecule has 1 aliphatic heterocycles. The first-order valence-corrected chi connectivity index (χ1v) is 13.1. The molecule has 1 aliphatic rings. The molecular formula is C30H27F3N4O5. The number of benzene rings is 3. The monoisotopic (exact) mass is 580 g/mol. The molecule has 3 aromatic carbocycles. The Morgan fingerprint density at radius 2 is 1.71 bits per heavy atom. The van der Waals surface area contributed by atoms with Crippen LogP contribution in [0.1, 0.15) is 24.0 Å². The Labute approximate surface area is 238 Å². The number of anilines is 1. The topological polar surface area (TPSA) is 116 Å². The lowest BCUT2D eigenvalue weighted by atomic mass is 10.0. The number of nitrogens with two attached hydrogens (primary N) is 1. The molecule has 3 amide bonds. The number of halogens is 3. The maximum Gasteiger partial charge on any atom is 0.573 e. The average molecular weight is 581 g/mol. The molecule has 42 heavy (non-hydrogen) atoms. The highest BCUT2D eigenvalue weighted by molar-refractivity contribution is 6.05. The Hall–Kier alpha value is -5.00. The van der Waals surface area contributed by atoms with Crippen molar-refractivity contribution < 1.29 is 37.0 Å². The molecule has 0 bridgehead atoms. The number of ether oxygens (including phenoxy) is 2. The van der Waals surface area contributed by atoms with Crippen LogP contribution in [0.5, 0.6) is 11.5 Å². The minimum Gasteiger partial charge on any atom is -0.489 e. The van der Waals surface area contributed by atoms with Gasteiger partial charge in [0.05, 0.1) is 17.2 Å². The fourth-order valence-electron chi connectivity index (χ4n) is 5.02. The summed E-state index contributed by atoms with van der Waals surface area (Å²) in [6, 6.07) is 17.8. The lowest BCUT2D eigenvalue weighted by Gasteiger charge is -2.24. The van der Waals surface area contributed by atoms with Gasteiger partial charge < -0.3 is 25.4 Å². The van der Waals surface area contributed by atoms with Crippen molar-refractivity contribution in [3.05, 3.63) is 90.1 Å². The largest absolute Gasteiger partial charge is 0.573 e. The number of rotatable bonds is 8. The third-order valence-corrected chi connectivity index (χ3v) is 6.90. The highest BCUT2D eigenvalue weighted by Crippen LogP contribution is 2.31. The minimum absolute atomic E-state index is 0.170. The molecule has 9 nitrogen and oxygen atoms in total. The Balaban J connectivity index is 1.29. The molecule has 0 radical (unpaired) electrons. The molecule has 0 saturated carbocycles. The molecule has 3 N–H and O–H groups in total. The Kier molecular flexibility index (Phi) is 8.05. The van der Waals surface area contributed by atoms with E-state index >= 15 is 0 Å². The van der Waals surface area contributed by atoms with E-state index < -0.39 is 30.2 Å². The minimum atomic E-state index is -4.85. The highest BCUT2D eigenvalue weighted by atomic mass is 19.4. The van der Waals surface area contributed by atoms with Crippen LogP contribution in [-0.2, 0) is 17.8 Å². The number of amides is 3. The van der Waals surface area contributed by atoms with Crippen LogP contribution in [0.3, 0.4) is 0 Å². The fraction of sp³-hybridized carbons (Fsp3) is 0.233. The van der Waals surface area contributed by atoms with E-state index in [2.05, 4.69) is 10.1 Å². The number of primary amides is 1. The van der Waals surface area contributed by atoms with Crippen molar-refractivity contribution in [1.29, 1.82) is 0 Å². The molecule has 1 aromatic heterocycles. The van der Waals surface area contributed by atoms with Crippen LogP contribution in [0.15, 0.2) is 79.0 Å². The van der Waals surface area contributed by atoms with Gasteiger partial charge in [0, 0.05) is 30.6 Å². The van der Waals surface area contributed by atoms with Crippen molar-refractivity contribution >= 4 is 34.4 Å². The van der Waals surface area contributed by atoms with Gasteiger partial charge in [0.15, 0.2) is 5.78 Å². The third-order valence-electron chi connectivity index (χ3n) is 6.90. The van der Waals surface area contributed by atoms with Crippen LogP contribution in [0.25, 0.3) is 10.9 Å². The SMILES string of the molecule is NC(=O)n1cc(NC(=O)N2CCC[C@H]2C(=O)Cc2cccc(OC(F)(F)F)c2)c2ccc(OCc3ccccc3)cc21. The number of ketones is 1. The van der Waals surface area contributed by atoms with Gasteiger partial charge in [-0.05, 0) is 48.2 Å². The Bertz CT molecular complexity index is 1620. The summed E-state index contributed by atoms with van der Waals surface area (Å²) in [5.41, 5.74) is 7.63. The Morgan fingerprint density at radius 1 is 0.952 bits per heavy atom. The number of carbonyl (C=O) groups is 3. The van der Waals surface area contributed by atoms with E-state index in [-0.39, 0.29) is 12.2 Å². The smallest absolute Gasteiger partial charge is 0.489 e. The zero-order chi connectivity index (χ0) is 29.9. The standard InChI is InChI=1S/C30H27F3N4O5/c31-30(32,33)42-22-9-4-8-20(14-22)15-27(38)25-10-5-13-36(25)29(40)35-24-17-37(28(34)39)26-16-21(11-12-23(24)26)41-18-19-6-2-1-3-7-19/h1-4,6-9,11-12,14,16-17,25H,5,10,13,15,18H2,(H2,34,39)(H,35,40)/t25-/m0/s1. The number of alkyl halides is 3. The molecule has 4 aromatic rings. The number of hydrogen-bond donors (Lipinski definition) is 2. The number of fused-ring (bicyclic) bond motifs is 1. The summed E-state index contributed by atoms with van der Waals surface area (Å²) in [6.07, 6.45) is -2.62. The quantitative estimate of drug-likeness (QED) is 0.271. The van der Waals surface area contributed by atoms with Crippen molar-refractivity contribution in [2.24, 2.45) is 5.73 Å². The van der Waals surface area contributed by atoms with Crippen molar-refractivity contribution in [2.45, 2.75) is 38.3 Å². The van der Waals surface area contributed by atoms with Crippen LogP contribution in [0.4, 0.5) is 28.4 Å². The molecule has 0 aliphatic carbocycles. The number of Topliss-reactive ketones (excluding diaryl/α,β-unsaturated/α-hetero) is 1. The Morgan fingerprint density at radius 3 is 2.45 bits per heavy atom. The van der Waals surface area contributed by atoms with E-state index in [9.17, 15) is 27.6 Å². The summed E-state index contributed by atoms with van der Waals surface area (Å²) < 4.78 is 48.8. The predicted octanol–water partition coefficient (Wildman–Crippen LogP) is 5.85. The number of urea groups is 1. The summed E-state index contributed by atoms with van der Waals surface area (Å²) in [5.74, 6) is -0.236. The van der Waals surface area contributed by atoms with Crippen LogP contribution in [0, 0.1) is 0 Å². The summed E-state index contributed by atoms with van der Waals surface area (Å²) in [7, 11) is 0. The van der Waals surface area contributed by atoms with Crippen molar-refractivity contribution in [3.8, 4) is 11.5 Å². The van der Waals surface area contributed by atoms with Gasteiger partial charge in [-0.2, -0.15) is 0 Å². The summed E-state index contributed by atoms with van der Waals surface area (Å²) in [5, 5.41) is 3.32. The van der Waals surface area contributed by atoms with Gasteiger partial charge in [-0.25, -0.2) is 9.59 Å². The second-order valence-corrected chi connectivity index (χ2v) is 9.82. The molecule has 1 atom stereocenters. The van der Waals surface area contributed by atoms with E-state index in [0.717, 1.165) is 17.7 Å². The number of nitrogens with zero attached hydrogens (tertiary/aromatic N) is 2. The molecule has 5 rings (SSSR count). The molecule has 2 heterocycles. The van der Waals surface area contributed by atoms with Crippen molar-refractivity contribution in [2.75, 3.05) is 11.9 Å². The lowest BCUT2D eigenvalue weighted by Crippen LogP contribution is -2.43.